The van der Waals surface area contributed by atoms with Gasteiger partial charge < -0.3 is 5.11 Å². The molecule has 0 bridgehead atoms. The molecule has 0 radical (unpaired) electrons. The number of nitrogens with one attached hydrogen (secondary N) is 1. The first kappa shape index (κ1) is 14.6. The maximum absolute atomic E-state index is 12.3. The molecule has 0 saturated heterocycles. The topological polar surface area (TPSA) is 99.2 Å². The van der Waals surface area contributed by atoms with E-state index in [0.717, 1.165) is 5.56 Å². The number of hydrogen-bond donors (Lipinski definition) is 2. The van der Waals surface area contributed by atoms with Crippen LogP contribution in [0, 0.1) is 0 Å². The van der Waals surface area contributed by atoms with Gasteiger partial charge >= 0.3 is 0 Å². The minimum atomic E-state index is -3.67. The number of hydrogen-bond acceptors (Lipinski definition) is 5. The molecule has 0 atom stereocenters. The van der Waals surface area contributed by atoms with E-state index >= 15 is 0 Å². The molecule has 0 spiro atoms. The minimum Gasteiger partial charge on any atom is -0.392 e. The molecule has 2 aromatic heterocycles. The summed E-state index contributed by atoms with van der Waals surface area (Å²) in [7, 11) is -2.17. The van der Waals surface area contributed by atoms with Crippen molar-refractivity contribution in [2.24, 2.45) is 0 Å². The van der Waals surface area contributed by atoms with Crippen molar-refractivity contribution in [3.8, 4) is 0 Å². The van der Waals surface area contributed by atoms with Crippen molar-refractivity contribution in [3.63, 3.8) is 0 Å². The highest BCUT2D eigenvalue weighted by Gasteiger charge is 2.25. The van der Waals surface area contributed by atoms with Crippen LogP contribution >= 0.6 is 0 Å². The zero-order chi connectivity index (χ0) is 14.6. The summed E-state index contributed by atoms with van der Waals surface area (Å²) >= 11 is 0. The van der Waals surface area contributed by atoms with E-state index in [-0.39, 0.29) is 17.2 Å². The molecular weight excluding hydrogens is 280 g/mol. The summed E-state index contributed by atoms with van der Waals surface area (Å²) in [6.45, 7) is -0.0422. The standard InChI is InChI=1S/C12H16N4O3S/c1-16(7-4-10-2-5-13-6-3-10)20(18,19)12-11(9-17)8-14-15-12/h2-3,5-6,8,17H,4,7,9H2,1H3,(H,14,15). The Morgan fingerprint density at radius 2 is 2.05 bits per heavy atom. The molecule has 0 saturated carbocycles. The van der Waals surface area contributed by atoms with Crippen LogP contribution in [0.15, 0.2) is 35.7 Å². The molecule has 8 heteroatoms. The van der Waals surface area contributed by atoms with Gasteiger partial charge in [0.25, 0.3) is 10.0 Å². The third kappa shape index (κ3) is 3.03. The van der Waals surface area contributed by atoms with Crippen LogP contribution < -0.4 is 0 Å². The summed E-state index contributed by atoms with van der Waals surface area (Å²) in [6.07, 6.45) is 5.23. The van der Waals surface area contributed by atoms with E-state index in [9.17, 15) is 8.42 Å². The number of aromatic amines is 1. The number of pyridine rings is 1. The summed E-state index contributed by atoms with van der Waals surface area (Å²) in [5, 5.41) is 15.1. The molecule has 2 aromatic rings. The number of nitrogens with zero attached hydrogens (tertiary/aromatic N) is 3. The summed E-state index contributed by atoms with van der Waals surface area (Å²) < 4.78 is 25.9. The zero-order valence-electron chi connectivity index (χ0n) is 11.0. The van der Waals surface area contributed by atoms with Crippen molar-refractivity contribution >= 4 is 10.0 Å². The first-order chi connectivity index (χ1) is 9.55. The second-order valence-electron chi connectivity index (χ2n) is 4.31. The molecule has 0 aromatic carbocycles. The summed E-state index contributed by atoms with van der Waals surface area (Å²) in [5.74, 6) is 0. The van der Waals surface area contributed by atoms with Gasteiger partial charge in [-0.15, -0.1) is 0 Å². The lowest BCUT2D eigenvalue weighted by Gasteiger charge is -2.16. The van der Waals surface area contributed by atoms with Gasteiger partial charge in [-0.3, -0.25) is 10.1 Å². The molecule has 2 N–H and O–H groups in total. The second kappa shape index (κ2) is 6.12. The van der Waals surface area contributed by atoms with Gasteiger partial charge in [-0.25, -0.2) is 8.42 Å². The second-order valence-corrected chi connectivity index (χ2v) is 6.30. The molecule has 2 heterocycles. The molecular formula is C12H16N4O3S. The number of sulfonamides is 1. The van der Waals surface area contributed by atoms with Crippen molar-refractivity contribution < 1.29 is 13.5 Å². The van der Waals surface area contributed by atoms with Gasteiger partial charge in [0.2, 0.25) is 0 Å². The Hall–Kier alpha value is -1.77. The minimum absolute atomic E-state index is 0.0581. The molecule has 0 unspecified atom stereocenters. The zero-order valence-corrected chi connectivity index (χ0v) is 11.8. The number of aromatic nitrogens is 3. The van der Waals surface area contributed by atoms with Crippen LogP contribution in [0.4, 0.5) is 0 Å². The van der Waals surface area contributed by atoms with Crippen molar-refractivity contribution in [1.82, 2.24) is 19.5 Å². The Bertz CT molecular complexity index is 654. The molecule has 0 aliphatic rings. The Balaban J connectivity index is 2.10. The predicted octanol–water partition coefficient (Wildman–Crippen LogP) is 0.160. The van der Waals surface area contributed by atoms with Gasteiger partial charge in [-0.1, -0.05) is 0 Å². The smallest absolute Gasteiger partial charge is 0.260 e. The normalized spacial score (nSPS) is 11.9. The third-order valence-electron chi connectivity index (χ3n) is 2.98. The van der Waals surface area contributed by atoms with Gasteiger partial charge in [0.15, 0.2) is 5.03 Å². The molecule has 108 valence electrons. The fourth-order valence-electron chi connectivity index (χ4n) is 1.75. The SMILES string of the molecule is CN(CCc1ccncc1)S(=O)(=O)c1[nH]ncc1CO. The van der Waals surface area contributed by atoms with Crippen LogP contribution in [0.1, 0.15) is 11.1 Å². The van der Waals surface area contributed by atoms with E-state index in [2.05, 4.69) is 15.2 Å². The molecule has 2 rings (SSSR count). The van der Waals surface area contributed by atoms with Gasteiger partial charge in [0.05, 0.1) is 12.8 Å². The molecule has 0 amide bonds. The maximum atomic E-state index is 12.3. The number of aliphatic hydroxyl groups excluding tert-OH is 1. The largest absolute Gasteiger partial charge is 0.392 e. The molecule has 7 nitrogen and oxygen atoms in total. The summed E-state index contributed by atoms with van der Waals surface area (Å²) in [6, 6.07) is 3.69. The average molecular weight is 296 g/mol. The lowest BCUT2D eigenvalue weighted by atomic mass is 10.2. The first-order valence-electron chi connectivity index (χ1n) is 6.04. The van der Waals surface area contributed by atoms with E-state index in [4.69, 9.17) is 5.11 Å². The lowest BCUT2D eigenvalue weighted by Crippen LogP contribution is -2.30. The summed E-state index contributed by atoms with van der Waals surface area (Å²) in [5.41, 5.74) is 1.27. The quantitative estimate of drug-likeness (QED) is 0.791. The fourth-order valence-corrected chi connectivity index (χ4v) is 3.01. The van der Waals surface area contributed by atoms with E-state index in [1.165, 1.54) is 17.5 Å². The maximum Gasteiger partial charge on any atom is 0.260 e. The number of aliphatic hydroxyl groups is 1. The van der Waals surface area contributed by atoms with E-state index in [1.54, 1.807) is 12.4 Å². The van der Waals surface area contributed by atoms with Crippen molar-refractivity contribution in [1.29, 1.82) is 0 Å². The van der Waals surface area contributed by atoms with Crippen molar-refractivity contribution in [2.75, 3.05) is 13.6 Å². The monoisotopic (exact) mass is 296 g/mol. The van der Waals surface area contributed by atoms with Gasteiger partial charge in [0, 0.05) is 31.5 Å². The average Bonchev–Trinajstić information content (AvgIpc) is 2.95. The fraction of sp³-hybridized carbons (Fsp3) is 0.333. The van der Waals surface area contributed by atoms with Crippen LogP contribution in [0.5, 0.6) is 0 Å². The Morgan fingerprint density at radius 1 is 1.35 bits per heavy atom. The number of rotatable bonds is 6. The van der Waals surface area contributed by atoms with E-state index in [1.807, 2.05) is 12.1 Å². The van der Waals surface area contributed by atoms with Crippen molar-refractivity contribution in [3.05, 3.63) is 41.9 Å². The van der Waals surface area contributed by atoms with Gasteiger partial charge in [-0.05, 0) is 24.1 Å². The van der Waals surface area contributed by atoms with Gasteiger partial charge in [-0.2, -0.15) is 9.40 Å². The highest BCUT2D eigenvalue weighted by Crippen LogP contribution is 2.16. The van der Waals surface area contributed by atoms with Crippen molar-refractivity contribution in [2.45, 2.75) is 18.1 Å². The molecule has 20 heavy (non-hydrogen) atoms. The van der Waals surface area contributed by atoms with Crippen LogP contribution in [0.25, 0.3) is 0 Å². The van der Waals surface area contributed by atoms with Crippen LogP contribution in [-0.4, -0.2) is 46.6 Å². The predicted molar refractivity (Wildman–Crippen MR) is 72.3 cm³/mol. The number of likely N-dealkylation sites (N-methyl/N-ethyl adjacent to an activating group) is 1. The van der Waals surface area contributed by atoms with Crippen LogP contribution in [-0.2, 0) is 23.1 Å². The molecule has 0 aliphatic carbocycles. The van der Waals surface area contributed by atoms with Crippen LogP contribution in [0.2, 0.25) is 0 Å². The Labute approximate surface area is 117 Å². The van der Waals surface area contributed by atoms with E-state index in [0.29, 0.717) is 13.0 Å². The Morgan fingerprint density at radius 3 is 2.70 bits per heavy atom. The van der Waals surface area contributed by atoms with E-state index < -0.39 is 10.0 Å². The lowest BCUT2D eigenvalue weighted by molar-refractivity contribution is 0.278. The Kier molecular flexibility index (Phi) is 4.48. The summed E-state index contributed by atoms with van der Waals surface area (Å²) in [4.78, 5) is 3.91. The first-order valence-corrected chi connectivity index (χ1v) is 7.48. The van der Waals surface area contributed by atoms with Crippen LogP contribution in [0.3, 0.4) is 0 Å². The molecule has 0 fully saturated rings. The highest BCUT2D eigenvalue weighted by molar-refractivity contribution is 7.89. The number of H-pyrrole nitrogens is 1. The van der Waals surface area contributed by atoms with Gasteiger partial charge in [0.1, 0.15) is 0 Å². The third-order valence-corrected chi connectivity index (χ3v) is 4.85. The molecule has 0 aliphatic heterocycles. The highest BCUT2D eigenvalue weighted by atomic mass is 32.2.